The highest BCUT2D eigenvalue weighted by atomic mass is 79.9. The van der Waals surface area contributed by atoms with Crippen molar-refractivity contribution >= 4 is 15.9 Å². The van der Waals surface area contributed by atoms with Crippen molar-refractivity contribution in [1.82, 2.24) is 0 Å². The van der Waals surface area contributed by atoms with Crippen LogP contribution in [0.5, 0.6) is 5.75 Å². The molecular weight excluding hydrogens is 280 g/mol. The Bertz CT molecular complexity index is 348. The third kappa shape index (κ3) is 4.32. The summed E-state index contributed by atoms with van der Waals surface area (Å²) < 4.78 is 12.7. The Hall–Kier alpha value is -0.540. The van der Waals surface area contributed by atoms with Crippen LogP contribution in [0.4, 0.5) is 0 Å². The van der Waals surface area contributed by atoms with Gasteiger partial charge in [-0.15, -0.1) is 0 Å². The fourth-order valence-electron chi connectivity index (χ4n) is 2.23. The maximum Gasteiger partial charge on any atom is 0.197 e. The summed E-state index contributed by atoms with van der Waals surface area (Å²) in [6.07, 6.45) is 6.47. The fourth-order valence-corrected chi connectivity index (χ4v) is 2.61. The molecule has 0 amide bonds. The number of halogens is 1. The van der Waals surface area contributed by atoms with Crippen molar-refractivity contribution in [3.63, 3.8) is 0 Å². The largest absolute Gasteiger partial charge is 0.465 e. The minimum atomic E-state index is -0.174. The Balaban J connectivity index is 1.82. The Morgan fingerprint density at radius 1 is 1.24 bits per heavy atom. The summed E-state index contributed by atoms with van der Waals surface area (Å²) in [6.45, 7) is 1.97. The van der Waals surface area contributed by atoms with E-state index in [1.807, 2.05) is 31.2 Å². The van der Waals surface area contributed by atoms with E-state index in [1.165, 1.54) is 32.1 Å². The number of hydrogen-bond acceptors (Lipinski definition) is 2. The standard InChI is InChI=1S/C14H19BrO2/c1-11(16-13-7-3-2-4-8-13)17-14-9-5-6-12(15)10-14/h5-6,9-11,13H,2-4,7-8H2,1H3. The van der Waals surface area contributed by atoms with Crippen LogP contribution in [0, 0.1) is 0 Å². The summed E-state index contributed by atoms with van der Waals surface area (Å²) in [5.74, 6) is 0.850. The topological polar surface area (TPSA) is 18.5 Å². The third-order valence-corrected chi connectivity index (χ3v) is 3.53. The van der Waals surface area contributed by atoms with E-state index in [0.717, 1.165) is 10.2 Å². The highest BCUT2D eigenvalue weighted by Crippen LogP contribution is 2.23. The van der Waals surface area contributed by atoms with Gasteiger partial charge in [0.05, 0.1) is 6.10 Å². The predicted molar refractivity (Wildman–Crippen MR) is 72.2 cm³/mol. The zero-order chi connectivity index (χ0) is 12.1. The minimum Gasteiger partial charge on any atom is -0.465 e. The van der Waals surface area contributed by atoms with E-state index >= 15 is 0 Å². The van der Waals surface area contributed by atoms with E-state index in [2.05, 4.69) is 15.9 Å². The van der Waals surface area contributed by atoms with E-state index < -0.39 is 0 Å². The van der Waals surface area contributed by atoms with Crippen molar-refractivity contribution in [2.45, 2.75) is 51.4 Å². The van der Waals surface area contributed by atoms with Crippen molar-refractivity contribution < 1.29 is 9.47 Å². The molecule has 0 heterocycles. The molecule has 94 valence electrons. The maximum atomic E-state index is 5.90. The van der Waals surface area contributed by atoms with Gasteiger partial charge in [-0.2, -0.15) is 0 Å². The zero-order valence-corrected chi connectivity index (χ0v) is 11.8. The molecule has 3 heteroatoms. The lowest BCUT2D eigenvalue weighted by Crippen LogP contribution is -2.26. The lowest BCUT2D eigenvalue weighted by molar-refractivity contribution is -0.116. The van der Waals surface area contributed by atoms with Crippen LogP contribution in [0.25, 0.3) is 0 Å². The zero-order valence-electron chi connectivity index (χ0n) is 10.2. The van der Waals surface area contributed by atoms with Gasteiger partial charge in [-0.25, -0.2) is 0 Å². The molecule has 0 bridgehead atoms. The molecule has 1 atom stereocenters. The second-order valence-electron chi connectivity index (χ2n) is 4.54. The van der Waals surface area contributed by atoms with Crippen molar-refractivity contribution in [1.29, 1.82) is 0 Å². The van der Waals surface area contributed by atoms with Crippen LogP contribution in [0.3, 0.4) is 0 Å². The van der Waals surface area contributed by atoms with Gasteiger partial charge < -0.3 is 9.47 Å². The third-order valence-electron chi connectivity index (χ3n) is 3.03. The van der Waals surface area contributed by atoms with Crippen LogP contribution in [-0.4, -0.2) is 12.4 Å². The first kappa shape index (κ1) is 12.9. The van der Waals surface area contributed by atoms with Gasteiger partial charge >= 0.3 is 0 Å². The lowest BCUT2D eigenvalue weighted by Gasteiger charge is -2.26. The summed E-state index contributed by atoms with van der Waals surface area (Å²) in [5.41, 5.74) is 0. The van der Waals surface area contributed by atoms with Gasteiger partial charge in [0.15, 0.2) is 6.29 Å². The molecule has 0 radical (unpaired) electrons. The Morgan fingerprint density at radius 2 is 2.00 bits per heavy atom. The molecule has 0 saturated heterocycles. The van der Waals surface area contributed by atoms with Crippen LogP contribution in [0.15, 0.2) is 28.7 Å². The quantitative estimate of drug-likeness (QED) is 0.761. The molecule has 2 rings (SSSR count). The molecule has 1 aliphatic rings. The number of benzene rings is 1. The number of hydrogen-bond donors (Lipinski definition) is 0. The summed E-state index contributed by atoms with van der Waals surface area (Å²) in [6, 6.07) is 7.86. The van der Waals surface area contributed by atoms with Gasteiger partial charge in [-0.05, 0) is 38.0 Å². The van der Waals surface area contributed by atoms with E-state index in [9.17, 15) is 0 Å². The van der Waals surface area contributed by atoms with Gasteiger partial charge in [-0.1, -0.05) is 41.3 Å². The van der Waals surface area contributed by atoms with Crippen LogP contribution in [0.1, 0.15) is 39.0 Å². The molecule has 1 saturated carbocycles. The smallest absolute Gasteiger partial charge is 0.197 e. The van der Waals surface area contributed by atoms with Crippen molar-refractivity contribution in [2.75, 3.05) is 0 Å². The molecule has 1 aromatic carbocycles. The van der Waals surface area contributed by atoms with E-state index in [0.29, 0.717) is 6.10 Å². The summed E-state index contributed by atoms with van der Waals surface area (Å²) >= 11 is 3.43. The molecular formula is C14H19BrO2. The van der Waals surface area contributed by atoms with Crippen LogP contribution < -0.4 is 4.74 Å². The molecule has 0 aliphatic heterocycles. The van der Waals surface area contributed by atoms with Crippen molar-refractivity contribution in [2.24, 2.45) is 0 Å². The highest BCUT2D eigenvalue weighted by Gasteiger charge is 2.17. The maximum absolute atomic E-state index is 5.90. The normalized spacial score (nSPS) is 18.9. The van der Waals surface area contributed by atoms with Gasteiger partial charge in [0, 0.05) is 4.47 Å². The SMILES string of the molecule is CC(Oc1cccc(Br)c1)OC1CCCCC1. The molecule has 0 aromatic heterocycles. The van der Waals surface area contributed by atoms with Crippen LogP contribution in [0.2, 0.25) is 0 Å². The molecule has 0 N–H and O–H groups in total. The fraction of sp³-hybridized carbons (Fsp3) is 0.571. The lowest BCUT2D eigenvalue weighted by atomic mass is 9.98. The first-order valence-electron chi connectivity index (χ1n) is 6.32. The molecule has 17 heavy (non-hydrogen) atoms. The predicted octanol–water partition coefficient (Wildman–Crippen LogP) is 4.52. The molecule has 1 unspecified atom stereocenters. The molecule has 1 aromatic rings. The second-order valence-corrected chi connectivity index (χ2v) is 5.45. The average Bonchev–Trinajstić information content (AvgIpc) is 2.30. The van der Waals surface area contributed by atoms with Gasteiger partial charge in [-0.3, -0.25) is 0 Å². The second kappa shape index (κ2) is 6.41. The summed E-state index contributed by atoms with van der Waals surface area (Å²) in [5, 5.41) is 0. The average molecular weight is 299 g/mol. The molecule has 1 fully saturated rings. The van der Waals surface area contributed by atoms with Crippen molar-refractivity contribution in [3.05, 3.63) is 28.7 Å². The van der Waals surface area contributed by atoms with E-state index in [-0.39, 0.29) is 6.29 Å². The number of ether oxygens (including phenoxy) is 2. The Kier molecular flexibility index (Phi) is 4.86. The minimum absolute atomic E-state index is 0.174. The van der Waals surface area contributed by atoms with Gasteiger partial charge in [0.1, 0.15) is 5.75 Å². The molecule has 1 aliphatic carbocycles. The van der Waals surface area contributed by atoms with E-state index in [4.69, 9.17) is 9.47 Å². The van der Waals surface area contributed by atoms with Gasteiger partial charge in [0.25, 0.3) is 0 Å². The highest BCUT2D eigenvalue weighted by molar-refractivity contribution is 9.10. The first-order valence-corrected chi connectivity index (χ1v) is 7.11. The first-order chi connectivity index (χ1) is 8.24. The molecule has 2 nitrogen and oxygen atoms in total. The van der Waals surface area contributed by atoms with Crippen molar-refractivity contribution in [3.8, 4) is 5.75 Å². The Morgan fingerprint density at radius 3 is 2.71 bits per heavy atom. The van der Waals surface area contributed by atoms with Gasteiger partial charge in [0.2, 0.25) is 0 Å². The monoisotopic (exact) mass is 298 g/mol. The van der Waals surface area contributed by atoms with E-state index in [1.54, 1.807) is 0 Å². The summed E-state index contributed by atoms with van der Waals surface area (Å²) in [7, 11) is 0. The molecule has 0 spiro atoms. The van der Waals surface area contributed by atoms with Crippen LogP contribution >= 0.6 is 15.9 Å². The number of rotatable bonds is 4. The van der Waals surface area contributed by atoms with Crippen LogP contribution in [-0.2, 0) is 4.74 Å². The Labute approximate surface area is 111 Å². The summed E-state index contributed by atoms with van der Waals surface area (Å²) in [4.78, 5) is 0.